The van der Waals surface area contributed by atoms with E-state index in [9.17, 15) is 9.18 Å². The van der Waals surface area contributed by atoms with Crippen LogP contribution in [0.5, 0.6) is 0 Å². The lowest BCUT2D eigenvalue weighted by Crippen LogP contribution is -2.32. The van der Waals surface area contributed by atoms with Crippen molar-refractivity contribution in [3.05, 3.63) is 0 Å². The van der Waals surface area contributed by atoms with Crippen LogP contribution in [0.1, 0.15) is 13.3 Å². The Hall–Kier alpha value is -0.640. The molecule has 0 saturated heterocycles. The highest BCUT2D eigenvalue weighted by atomic mass is 19.1. The Kier molecular flexibility index (Phi) is 3.16. The lowest BCUT2D eigenvalue weighted by atomic mass is 10.2. The van der Waals surface area contributed by atoms with Gasteiger partial charge in [0.2, 0.25) is 0 Å². The number of carboxylic acid groups (broad SMARTS) is 1. The second-order valence-electron chi connectivity index (χ2n) is 1.96. The van der Waals surface area contributed by atoms with E-state index in [1.54, 1.807) is 0 Å². The summed E-state index contributed by atoms with van der Waals surface area (Å²) in [6.45, 7) is 1.28. The van der Waals surface area contributed by atoms with Crippen LogP contribution < -0.4 is 5.73 Å². The van der Waals surface area contributed by atoms with E-state index < -0.39 is 18.2 Å². The number of carboxylic acids is 1. The van der Waals surface area contributed by atoms with Crippen LogP contribution in [0.3, 0.4) is 0 Å². The van der Waals surface area contributed by atoms with Gasteiger partial charge >= 0.3 is 5.97 Å². The molecular formula is C5H10FNO2. The Bertz CT molecular complexity index is 105. The summed E-state index contributed by atoms with van der Waals surface area (Å²) in [6, 6.07) is -1.06. The summed E-state index contributed by atoms with van der Waals surface area (Å²) in [5, 5.41) is 8.14. The fourth-order valence-electron chi connectivity index (χ4n) is 0.451. The van der Waals surface area contributed by atoms with Crippen molar-refractivity contribution in [1.82, 2.24) is 0 Å². The third-order valence-corrected chi connectivity index (χ3v) is 0.896. The van der Waals surface area contributed by atoms with Crippen LogP contribution in [0.15, 0.2) is 0 Å². The van der Waals surface area contributed by atoms with E-state index >= 15 is 0 Å². The van der Waals surface area contributed by atoms with Crippen molar-refractivity contribution in [1.29, 1.82) is 0 Å². The summed E-state index contributed by atoms with van der Waals surface area (Å²) < 4.78 is 12.0. The fraction of sp³-hybridized carbons (Fsp3) is 0.800. The van der Waals surface area contributed by atoms with E-state index in [1.165, 1.54) is 6.92 Å². The average Bonchev–Trinajstić information content (AvgIpc) is 1.63. The lowest BCUT2D eigenvalue weighted by molar-refractivity contribution is -0.139. The van der Waals surface area contributed by atoms with Gasteiger partial charge in [-0.15, -0.1) is 0 Å². The molecule has 3 N–H and O–H groups in total. The summed E-state index contributed by atoms with van der Waals surface area (Å²) in [7, 11) is 0. The van der Waals surface area contributed by atoms with E-state index in [1.807, 2.05) is 0 Å². The number of halogens is 1. The van der Waals surface area contributed by atoms with Gasteiger partial charge in [-0.05, 0) is 6.92 Å². The summed E-state index contributed by atoms with van der Waals surface area (Å²) in [6.07, 6.45) is -1.26. The van der Waals surface area contributed by atoms with Crippen molar-refractivity contribution < 1.29 is 14.3 Å². The molecule has 0 aromatic carbocycles. The number of carbonyl (C=O) groups is 1. The molecule has 0 unspecified atom stereocenters. The summed E-state index contributed by atoms with van der Waals surface area (Å²) in [5.74, 6) is -1.15. The molecule has 0 aliphatic rings. The first-order valence-electron chi connectivity index (χ1n) is 2.66. The third kappa shape index (κ3) is 3.90. The SMILES string of the molecule is C[C@H](F)C[C@@H](N)C(=O)O. The highest BCUT2D eigenvalue weighted by Gasteiger charge is 2.14. The van der Waals surface area contributed by atoms with Crippen LogP contribution in [0, 0.1) is 0 Å². The molecule has 0 heterocycles. The number of aliphatic carboxylic acids is 1. The molecule has 0 fully saturated rings. The van der Waals surface area contributed by atoms with Crippen LogP contribution in [-0.2, 0) is 4.79 Å². The van der Waals surface area contributed by atoms with Gasteiger partial charge in [0, 0.05) is 6.42 Å². The molecule has 0 aromatic rings. The maximum Gasteiger partial charge on any atom is 0.320 e. The summed E-state index contributed by atoms with van der Waals surface area (Å²) in [4.78, 5) is 9.94. The van der Waals surface area contributed by atoms with Gasteiger partial charge in [-0.1, -0.05) is 0 Å². The first-order chi connectivity index (χ1) is 4.04. The highest BCUT2D eigenvalue weighted by Crippen LogP contribution is 1.98. The number of rotatable bonds is 3. The smallest absolute Gasteiger partial charge is 0.320 e. The molecule has 0 saturated carbocycles. The molecule has 0 aromatic heterocycles. The molecule has 0 amide bonds. The second kappa shape index (κ2) is 3.40. The van der Waals surface area contributed by atoms with E-state index in [2.05, 4.69) is 0 Å². The maximum absolute atomic E-state index is 12.0. The predicted molar refractivity (Wildman–Crippen MR) is 30.8 cm³/mol. The van der Waals surface area contributed by atoms with Gasteiger partial charge < -0.3 is 10.8 Å². The normalized spacial score (nSPS) is 16.8. The third-order valence-electron chi connectivity index (χ3n) is 0.896. The minimum atomic E-state index is -1.15. The number of hydrogen-bond donors (Lipinski definition) is 2. The number of alkyl halides is 1. The van der Waals surface area contributed by atoms with E-state index in [-0.39, 0.29) is 6.42 Å². The van der Waals surface area contributed by atoms with Crippen molar-refractivity contribution >= 4 is 5.97 Å². The summed E-state index contributed by atoms with van der Waals surface area (Å²) in [5.41, 5.74) is 4.98. The van der Waals surface area contributed by atoms with Crippen LogP contribution in [0.25, 0.3) is 0 Å². The first kappa shape index (κ1) is 8.36. The minimum Gasteiger partial charge on any atom is -0.480 e. The van der Waals surface area contributed by atoms with E-state index in [0.29, 0.717) is 0 Å². The molecule has 0 radical (unpaired) electrons. The van der Waals surface area contributed by atoms with Crippen molar-refractivity contribution in [3.63, 3.8) is 0 Å². The zero-order valence-electron chi connectivity index (χ0n) is 5.17. The zero-order valence-corrected chi connectivity index (χ0v) is 5.17. The monoisotopic (exact) mass is 135 g/mol. The highest BCUT2D eigenvalue weighted by molar-refractivity contribution is 5.73. The zero-order chi connectivity index (χ0) is 7.44. The molecule has 2 atom stereocenters. The van der Waals surface area contributed by atoms with Crippen LogP contribution in [-0.4, -0.2) is 23.3 Å². The Morgan fingerprint density at radius 1 is 1.89 bits per heavy atom. The molecule has 0 rings (SSSR count). The Morgan fingerprint density at radius 2 is 2.33 bits per heavy atom. The van der Waals surface area contributed by atoms with E-state index in [0.717, 1.165) is 0 Å². The maximum atomic E-state index is 12.0. The van der Waals surface area contributed by atoms with Crippen molar-refractivity contribution in [2.75, 3.05) is 0 Å². The largest absolute Gasteiger partial charge is 0.480 e. The molecule has 9 heavy (non-hydrogen) atoms. The first-order valence-corrected chi connectivity index (χ1v) is 2.66. The molecule has 54 valence electrons. The predicted octanol–water partition coefficient (Wildman–Crippen LogP) is 0.146. The van der Waals surface area contributed by atoms with Gasteiger partial charge in [0.05, 0.1) is 6.17 Å². The number of hydrogen-bond acceptors (Lipinski definition) is 2. The molecule has 0 spiro atoms. The van der Waals surface area contributed by atoms with E-state index in [4.69, 9.17) is 10.8 Å². The Labute approximate surface area is 52.7 Å². The van der Waals surface area contributed by atoms with Crippen LogP contribution in [0.4, 0.5) is 4.39 Å². The van der Waals surface area contributed by atoms with Crippen LogP contribution in [0.2, 0.25) is 0 Å². The van der Waals surface area contributed by atoms with Crippen LogP contribution >= 0.6 is 0 Å². The van der Waals surface area contributed by atoms with Crippen molar-refractivity contribution in [2.45, 2.75) is 25.6 Å². The molecular weight excluding hydrogens is 125 g/mol. The van der Waals surface area contributed by atoms with Crippen molar-refractivity contribution in [2.24, 2.45) is 5.73 Å². The molecule has 0 aliphatic carbocycles. The Balaban J connectivity index is 3.50. The van der Waals surface area contributed by atoms with Gasteiger partial charge in [-0.25, -0.2) is 4.39 Å². The second-order valence-corrected chi connectivity index (χ2v) is 1.96. The molecule has 0 bridgehead atoms. The van der Waals surface area contributed by atoms with Gasteiger partial charge in [0.1, 0.15) is 6.04 Å². The molecule has 3 nitrogen and oxygen atoms in total. The average molecular weight is 135 g/mol. The molecule has 4 heteroatoms. The lowest BCUT2D eigenvalue weighted by Gasteiger charge is -2.04. The van der Waals surface area contributed by atoms with Gasteiger partial charge in [0.15, 0.2) is 0 Å². The van der Waals surface area contributed by atoms with Gasteiger partial charge in [-0.3, -0.25) is 4.79 Å². The quantitative estimate of drug-likeness (QED) is 0.578. The molecule has 0 aliphatic heterocycles. The summed E-state index contributed by atoms with van der Waals surface area (Å²) >= 11 is 0. The topological polar surface area (TPSA) is 63.3 Å². The number of nitrogens with two attached hydrogens (primary N) is 1. The Morgan fingerprint density at radius 3 is 2.44 bits per heavy atom. The van der Waals surface area contributed by atoms with Crippen molar-refractivity contribution in [3.8, 4) is 0 Å². The standard InChI is InChI=1S/C5H10FNO2/c1-3(6)2-4(7)5(8)9/h3-4H,2,7H2,1H3,(H,8,9)/t3-,4+/m0/s1. The minimum absolute atomic E-state index is 0.116. The van der Waals surface area contributed by atoms with Gasteiger partial charge in [-0.2, -0.15) is 0 Å². The van der Waals surface area contributed by atoms with Gasteiger partial charge in [0.25, 0.3) is 0 Å². The fourth-order valence-corrected chi connectivity index (χ4v) is 0.451.